The number of carbonyl (C=O) groups excluding carboxylic acids is 2. The Labute approximate surface area is 147 Å². The van der Waals surface area contributed by atoms with E-state index < -0.39 is 15.8 Å². The molecule has 1 aliphatic heterocycles. The van der Waals surface area contributed by atoms with Gasteiger partial charge in [0.2, 0.25) is 5.91 Å². The second-order valence-electron chi connectivity index (χ2n) is 5.56. The van der Waals surface area contributed by atoms with Gasteiger partial charge in [-0.25, -0.2) is 13.2 Å². The fourth-order valence-electron chi connectivity index (χ4n) is 2.41. The van der Waals surface area contributed by atoms with Crippen molar-refractivity contribution in [1.82, 2.24) is 5.32 Å². The fraction of sp³-hybridized carbons (Fsp3) is 0.500. The van der Waals surface area contributed by atoms with E-state index in [4.69, 9.17) is 9.47 Å². The SMILES string of the molecule is CCS(=O)(=O)c1ccc2c(c1)OC(=O)CN2CC(=O)NCCCOC. The van der Waals surface area contributed by atoms with Crippen molar-refractivity contribution >= 4 is 27.4 Å². The summed E-state index contributed by atoms with van der Waals surface area (Å²) in [6.45, 7) is 2.48. The van der Waals surface area contributed by atoms with Crippen LogP contribution >= 0.6 is 0 Å². The fourth-order valence-corrected chi connectivity index (χ4v) is 3.30. The number of nitrogens with one attached hydrogen (secondary N) is 1. The minimum atomic E-state index is -3.41. The Morgan fingerprint density at radius 3 is 2.84 bits per heavy atom. The molecule has 9 heteroatoms. The number of ether oxygens (including phenoxy) is 2. The molecule has 1 N–H and O–H groups in total. The smallest absolute Gasteiger partial charge is 0.331 e. The molecule has 0 unspecified atom stereocenters. The Morgan fingerprint density at radius 2 is 2.16 bits per heavy atom. The highest BCUT2D eigenvalue weighted by atomic mass is 32.2. The summed E-state index contributed by atoms with van der Waals surface area (Å²) >= 11 is 0. The van der Waals surface area contributed by atoms with Crippen molar-refractivity contribution in [2.24, 2.45) is 0 Å². The number of amides is 1. The van der Waals surface area contributed by atoms with Crippen LogP contribution < -0.4 is 15.0 Å². The molecular formula is C16H22N2O6S. The highest BCUT2D eigenvalue weighted by Crippen LogP contribution is 2.34. The Kier molecular flexibility index (Phi) is 6.38. The first-order chi connectivity index (χ1) is 11.9. The van der Waals surface area contributed by atoms with E-state index >= 15 is 0 Å². The van der Waals surface area contributed by atoms with Crippen molar-refractivity contribution < 1.29 is 27.5 Å². The molecule has 2 rings (SSSR count). The number of hydrogen-bond acceptors (Lipinski definition) is 7. The van der Waals surface area contributed by atoms with Crippen LogP contribution in [0.1, 0.15) is 13.3 Å². The van der Waals surface area contributed by atoms with Crippen LogP contribution in [0.3, 0.4) is 0 Å². The summed E-state index contributed by atoms with van der Waals surface area (Å²) in [6.07, 6.45) is 0.694. The van der Waals surface area contributed by atoms with Gasteiger partial charge in [-0.15, -0.1) is 0 Å². The van der Waals surface area contributed by atoms with E-state index in [0.29, 0.717) is 25.3 Å². The predicted molar refractivity (Wildman–Crippen MR) is 91.5 cm³/mol. The molecule has 0 bridgehead atoms. The zero-order valence-electron chi connectivity index (χ0n) is 14.3. The lowest BCUT2D eigenvalue weighted by Gasteiger charge is -2.29. The number of fused-ring (bicyclic) bond motifs is 1. The molecule has 0 aromatic heterocycles. The third kappa shape index (κ3) is 4.93. The van der Waals surface area contributed by atoms with Crippen molar-refractivity contribution in [2.75, 3.05) is 44.0 Å². The molecule has 8 nitrogen and oxygen atoms in total. The normalized spacial score (nSPS) is 14.0. The molecule has 1 aliphatic rings. The van der Waals surface area contributed by atoms with Crippen LogP contribution in [0.5, 0.6) is 5.75 Å². The maximum atomic E-state index is 12.0. The van der Waals surface area contributed by atoms with Gasteiger partial charge in [-0.2, -0.15) is 0 Å². The number of esters is 1. The van der Waals surface area contributed by atoms with E-state index in [1.54, 1.807) is 25.0 Å². The molecule has 1 heterocycles. The quantitative estimate of drug-likeness (QED) is 0.400. The standard InChI is InChI=1S/C16H22N2O6S/c1-3-25(21,22)12-5-6-13-14(9-12)24-16(20)11-18(13)10-15(19)17-7-4-8-23-2/h5-6,9H,3-4,7-8,10-11H2,1-2H3,(H,17,19). The van der Waals surface area contributed by atoms with Gasteiger partial charge in [0, 0.05) is 26.3 Å². The maximum absolute atomic E-state index is 12.0. The average molecular weight is 370 g/mol. The highest BCUT2D eigenvalue weighted by molar-refractivity contribution is 7.91. The van der Waals surface area contributed by atoms with E-state index in [1.165, 1.54) is 12.1 Å². The van der Waals surface area contributed by atoms with Gasteiger partial charge in [0.25, 0.3) is 0 Å². The number of hydrogen-bond donors (Lipinski definition) is 1. The van der Waals surface area contributed by atoms with E-state index in [0.717, 1.165) is 0 Å². The van der Waals surface area contributed by atoms with Crippen LogP contribution in [0.2, 0.25) is 0 Å². The first-order valence-electron chi connectivity index (χ1n) is 7.95. The zero-order valence-corrected chi connectivity index (χ0v) is 15.1. The molecule has 0 saturated heterocycles. The number of benzene rings is 1. The van der Waals surface area contributed by atoms with Crippen LogP contribution in [-0.4, -0.2) is 59.4 Å². The molecule has 0 radical (unpaired) electrons. The number of nitrogens with zero attached hydrogens (tertiary/aromatic N) is 1. The summed E-state index contributed by atoms with van der Waals surface area (Å²) in [5.41, 5.74) is 0.515. The molecule has 0 aliphatic carbocycles. The van der Waals surface area contributed by atoms with Gasteiger partial charge in [-0.1, -0.05) is 6.92 Å². The third-order valence-electron chi connectivity index (χ3n) is 3.74. The van der Waals surface area contributed by atoms with Crippen LogP contribution in [0, 0.1) is 0 Å². The molecule has 138 valence electrons. The molecule has 1 amide bonds. The topological polar surface area (TPSA) is 102 Å². The molecule has 25 heavy (non-hydrogen) atoms. The summed E-state index contributed by atoms with van der Waals surface area (Å²) < 4.78 is 34.0. The molecular weight excluding hydrogens is 348 g/mol. The number of anilines is 1. The van der Waals surface area contributed by atoms with Crippen molar-refractivity contribution in [1.29, 1.82) is 0 Å². The summed E-state index contributed by atoms with van der Waals surface area (Å²) in [5.74, 6) is -0.668. The van der Waals surface area contributed by atoms with E-state index in [1.807, 2.05) is 0 Å². The van der Waals surface area contributed by atoms with Crippen molar-refractivity contribution in [2.45, 2.75) is 18.2 Å². The lowest BCUT2D eigenvalue weighted by Crippen LogP contribution is -2.43. The monoisotopic (exact) mass is 370 g/mol. The van der Waals surface area contributed by atoms with Gasteiger partial charge in [-0.05, 0) is 18.6 Å². The van der Waals surface area contributed by atoms with E-state index in [2.05, 4.69) is 5.32 Å². The lowest BCUT2D eigenvalue weighted by molar-refractivity contribution is -0.133. The summed E-state index contributed by atoms with van der Waals surface area (Å²) in [7, 11) is -1.82. The van der Waals surface area contributed by atoms with Gasteiger partial charge in [0.1, 0.15) is 6.54 Å². The second-order valence-corrected chi connectivity index (χ2v) is 7.84. The summed E-state index contributed by atoms with van der Waals surface area (Å²) in [5, 5.41) is 2.75. The molecule has 1 aromatic carbocycles. The van der Waals surface area contributed by atoms with Gasteiger partial charge >= 0.3 is 5.97 Å². The molecule has 0 fully saturated rings. The Bertz CT molecular complexity index is 747. The molecule has 1 aromatic rings. The molecule has 0 atom stereocenters. The molecule has 0 saturated carbocycles. The largest absolute Gasteiger partial charge is 0.423 e. The van der Waals surface area contributed by atoms with E-state index in [9.17, 15) is 18.0 Å². The Balaban J connectivity index is 2.13. The molecule has 0 spiro atoms. The average Bonchev–Trinajstić information content (AvgIpc) is 2.58. The number of carbonyl (C=O) groups is 2. The van der Waals surface area contributed by atoms with Crippen LogP contribution in [-0.2, 0) is 24.2 Å². The van der Waals surface area contributed by atoms with Crippen molar-refractivity contribution in [3.8, 4) is 5.75 Å². The Hall–Kier alpha value is -2.13. The van der Waals surface area contributed by atoms with Crippen molar-refractivity contribution in [3.63, 3.8) is 0 Å². The van der Waals surface area contributed by atoms with Gasteiger partial charge in [0.05, 0.1) is 22.9 Å². The van der Waals surface area contributed by atoms with Gasteiger partial charge < -0.3 is 19.7 Å². The van der Waals surface area contributed by atoms with Crippen molar-refractivity contribution in [3.05, 3.63) is 18.2 Å². The first kappa shape index (κ1) is 19.2. The van der Waals surface area contributed by atoms with Crippen LogP contribution in [0.15, 0.2) is 23.1 Å². The predicted octanol–water partition coefficient (Wildman–Crippen LogP) is 0.358. The lowest BCUT2D eigenvalue weighted by atomic mass is 10.2. The van der Waals surface area contributed by atoms with Gasteiger partial charge in [0.15, 0.2) is 15.6 Å². The first-order valence-corrected chi connectivity index (χ1v) is 9.60. The van der Waals surface area contributed by atoms with Crippen LogP contribution in [0.25, 0.3) is 0 Å². The number of methoxy groups -OCH3 is 1. The maximum Gasteiger partial charge on any atom is 0.331 e. The van der Waals surface area contributed by atoms with Gasteiger partial charge in [-0.3, -0.25) is 4.79 Å². The number of rotatable bonds is 8. The zero-order chi connectivity index (χ0) is 18.4. The minimum absolute atomic E-state index is 0.0189. The third-order valence-corrected chi connectivity index (χ3v) is 5.47. The van der Waals surface area contributed by atoms with Crippen LogP contribution in [0.4, 0.5) is 5.69 Å². The summed E-state index contributed by atoms with van der Waals surface area (Å²) in [4.78, 5) is 25.5. The summed E-state index contributed by atoms with van der Waals surface area (Å²) in [6, 6.07) is 4.34. The minimum Gasteiger partial charge on any atom is -0.423 e. The second kappa shape index (κ2) is 8.30. The van der Waals surface area contributed by atoms with E-state index in [-0.39, 0.29) is 35.4 Å². The Morgan fingerprint density at radius 1 is 1.40 bits per heavy atom. The highest BCUT2D eigenvalue weighted by Gasteiger charge is 2.27. The number of sulfone groups is 1.